The summed E-state index contributed by atoms with van der Waals surface area (Å²) in [6.45, 7) is 0. The van der Waals surface area contributed by atoms with Gasteiger partial charge in [0.25, 0.3) is 0 Å². The number of carbonyl (C=O) groups is 2. The van der Waals surface area contributed by atoms with E-state index in [1.807, 2.05) is 0 Å². The number of nitrogens with one attached hydrogen (secondary N) is 1. The first kappa shape index (κ1) is 9.98. The molecule has 1 amide bonds. The standard InChI is InChI=1S/C8H13NO4/c1-13-6-4-2-3-5(6)9-7(10)8(11)12/h5-6H,2-4H2,1H3,(H,9,10)(H,11,12). The van der Waals surface area contributed by atoms with Crippen molar-refractivity contribution < 1.29 is 19.4 Å². The molecular formula is C8H13NO4. The number of hydrogen-bond donors (Lipinski definition) is 2. The smallest absolute Gasteiger partial charge is 0.394 e. The van der Waals surface area contributed by atoms with Crippen LogP contribution >= 0.6 is 0 Å². The van der Waals surface area contributed by atoms with Crippen molar-refractivity contribution in [3.63, 3.8) is 0 Å². The molecule has 74 valence electrons. The van der Waals surface area contributed by atoms with Gasteiger partial charge in [0.15, 0.2) is 0 Å². The average molecular weight is 187 g/mol. The van der Waals surface area contributed by atoms with Gasteiger partial charge in [-0.15, -0.1) is 0 Å². The first-order valence-electron chi connectivity index (χ1n) is 4.21. The van der Waals surface area contributed by atoms with Gasteiger partial charge in [-0.1, -0.05) is 0 Å². The monoisotopic (exact) mass is 187 g/mol. The van der Waals surface area contributed by atoms with E-state index in [1.54, 1.807) is 7.11 Å². The number of rotatable bonds is 2. The molecule has 0 aromatic heterocycles. The Hall–Kier alpha value is -1.10. The van der Waals surface area contributed by atoms with Crippen molar-refractivity contribution in [1.82, 2.24) is 5.32 Å². The molecule has 0 heterocycles. The second kappa shape index (κ2) is 4.23. The van der Waals surface area contributed by atoms with Crippen molar-refractivity contribution in [2.24, 2.45) is 0 Å². The second-order valence-corrected chi connectivity index (χ2v) is 3.09. The van der Waals surface area contributed by atoms with Gasteiger partial charge in [0.2, 0.25) is 0 Å². The number of ether oxygens (including phenoxy) is 1. The summed E-state index contributed by atoms with van der Waals surface area (Å²) in [7, 11) is 1.57. The SMILES string of the molecule is COC1CCCC1NC(=O)C(=O)O. The summed E-state index contributed by atoms with van der Waals surface area (Å²) in [5.41, 5.74) is 0. The number of carboxylic acids is 1. The number of methoxy groups -OCH3 is 1. The highest BCUT2D eigenvalue weighted by molar-refractivity contribution is 6.31. The molecule has 5 heteroatoms. The van der Waals surface area contributed by atoms with Gasteiger partial charge in [0, 0.05) is 7.11 Å². The predicted octanol–water partition coefficient (Wildman–Crippen LogP) is -0.245. The fourth-order valence-corrected chi connectivity index (χ4v) is 1.60. The zero-order valence-electron chi connectivity index (χ0n) is 7.45. The van der Waals surface area contributed by atoms with Crippen LogP contribution in [0.4, 0.5) is 0 Å². The average Bonchev–Trinajstić information content (AvgIpc) is 2.51. The zero-order chi connectivity index (χ0) is 9.84. The molecule has 0 radical (unpaired) electrons. The van der Waals surface area contributed by atoms with Crippen LogP contribution in [-0.2, 0) is 14.3 Å². The molecule has 0 aliphatic heterocycles. The normalized spacial score (nSPS) is 27.2. The van der Waals surface area contributed by atoms with E-state index in [0.29, 0.717) is 0 Å². The molecule has 1 saturated carbocycles. The largest absolute Gasteiger partial charge is 0.474 e. The van der Waals surface area contributed by atoms with Crippen molar-refractivity contribution in [3.8, 4) is 0 Å². The maximum absolute atomic E-state index is 10.8. The van der Waals surface area contributed by atoms with Crippen LogP contribution in [0.1, 0.15) is 19.3 Å². The summed E-state index contributed by atoms with van der Waals surface area (Å²) in [5, 5.41) is 10.8. The van der Waals surface area contributed by atoms with Gasteiger partial charge in [0.05, 0.1) is 12.1 Å². The van der Waals surface area contributed by atoms with Crippen LogP contribution in [-0.4, -0.2) is 36.2 Å². The summed E-state index contributed by atoms with van der Waals surface area (Å²) in [4.78, 5) is 21.0. The number of aliphatic carboxylic acids is 1. The molecule has 1 rings (SSSR count). The molecular weight excluding hydrogens is 174 g/mol. The van der Waals surface area contributed by atoms with Crippen LogP contribution in [0.5, 0.6) is 0 Å². The van der Waals surface area contributed by atoms with Crippen molar-refractivity contribution in [1.29, 1.82) is 0 Å². The Kier molecular flexibility index (Phi) is 3.25. The molecule has 0 spiro atoms. The van der Waals surface area contributed by atoms with E-state index in [-0.39, 0.29) is 12.1 Å². The van der Waals surface area contributed by atoms with E-state index in [4.69, 9.17) is 9.84 Å². The number of carbonyl (C=O) groups excluding carboxylic acids is 1. The van der Waals surface area contributed by atoms with Gasteiger partial charge < -0.3 is 15.2 Å². The highest BCUT2D eigenvalue weighted by Gasteiger charge is 2.29. The maximum atomic E-state index is 10.8. The molecule has 0 bridgehead atoms. The third-order valence-corrected chi connectivity index (χ3v) is 2.27. The van der Waals surface area contributed by atoms with Gasteiger partial charge in [-0.05, 0) is 19.3 Å². The summed E-state index contributed by atoms with van der Waals surface area (Å²) in [6.07, 6.45) is 2.59. The van der Waals surface area contributed by atoms with E-state index < -0.39 is 11.9 Å². The van der Waals surface area contributed by atoms with E-state index in [2.05, 4.69) is 5.32 Å². The Bertz CT molecular complexity index is 216. The molecule has 0 saturated heterocycles. The van der Waals surface area contributed by atoms with Gasteiger partial charge in [0.1, 0.15) is 0 Å². The van der Waals surface area contributed by atoms with Crippen molar-refractivity contribution in [2.75, 3.05) is 7.11 Å². The number of amides is 1. The molecule has 0 aromatic carbocycles. The van der Waals surface area contributed by atoms with Gasteiger partial charge in [-0.3, -0.25) is 4.79 Å². The van der Waals surface area contributed by atoms with Crippen LogP contribution < -0.4 is 5.32 Å². The van der Waals surface area contributed by atoms with Crippen LogP contribution in [0.25, 0.3) is 0 Å². The summed E-state index contributed by atoms with van der Waals surface area (Å²) in [6, 6.07) is -0.145. The van der Waals surface area contributed by atoms with Crippen LogP contribution in [0.3, 0.4) is 0 Å². The number of carboxylic acid groups (broad SMARTS) is 1. The Morgan fingerprint density at radius 1 is 1.46 bits per heavy atom. The van der Waals surface area contributed by atoms with Gasteiger partial charge in [-0.2, -0.15) is 0 Å². The first-order valence-corrected chi connectivity index (χ1v) is 4.21. The minimum absolute atomic E-state index is 0.0386. The lowest BCUT2D eigenvalue weighted by molar-refractivity contribution is -0.150. The molecule has 2 unspecified atom stereocenters. The molecule has 13 heavy (non-hydrogen) atoms. The predicted molar refractivity (Wildman–Crippen MR) is 44.2 cm³/mol. The fraction of sp³-hybridized carbons (Fsp3) is 0.750. The van der Waals surface area contributed by atoms with Crippen molar-refractivity contribution in [2.45, 2.75) is 31.4 Å². The highest BCUT2D eigenvalue weighted by Crippen LogP contribution is 2.21. The summed E-state index contributed by atoms with van der Waals surface area (Å²) < 4.78 is 5.10. The quantitative estimate of drug-likeness (QED) is 0.585. The lowest BCUT2D eigenvalue weighted by atomic mass is 10.2. The van der Waals surface area contributed by atoms with E-state index in [9.17, 15) is 9.59 Å². The topological polar surface area (TPSA) is 75.6 Å². The van der Waals surface area contributed by atoms with Crippen molar-refractivity contribution >= 4 is 11.9 Å². The Labute approximate surface area is 76.1 Å². The second-order valence-electron chi connectivity index (χ2n) is 3.09. The third-order valence-electron chi connectivity index (χ3n) is 2.27. The molecule has 1 fully saturated rings. The molecule has 1 aliphatic rings. The van der Waals surface area contributed by atoms with Crippen molar-refractivity contribution in [3.05, 3.63) is 0 Å². The van der Waals surface area contributed by atoms with Gasteiger partial charge in [-0.25, -0.2) is 4.79 Å². The zero-order valence-corrected chi connectivity index (χ0v) is 7.45. The summed E-state index contributed by atoms with van der Waals surface area (Å²) in [5.74, 6) is -2.39. The van der Waals surface area contributed by atoms with Crippen LogP contribution in [0.15, 0.2) is 0 Å². The molecule has 1 aliphatic carbocycles. The lowest BCUT2D eigenvalue weighted by Crippen LogP contribution is -2.43. The van der Waals surface area contributed by atoms with Gasteiger partial charge >= 0.3 is 11.9 Å². The fourth-order valence-electron chi connectivity index (χ4n) is 1.60. The molecule has 2 N–H and O–H groups in total. The number of hydrogen-bond acceptors (Lipinski definition) is 3. The highest BCUT2D eigenvalue weighted by atomic mass is 16.5. The van der Waals surface area contributed by atoms with Crippen LogP contribution in [0, 0.1) is 0 Å². The van der Waals surface area contributed by atoms with E-state index in [0.717, 1.165) is 19.3 Å². The minimum Gasteiger partial charge on any atom is -0.474 e. The Morgan fingerprint density at radius 3 is 2.69 bits per heavy atom. The maximum Gasteiger partial charge on any atom is 0.394 e. The Balaban J connectivity index is 2.44. The lowest BCUT2D eigenvalue weighted by Gasteiger charge is -2.18. The molecule has 2 atom stereocenters. The summed E-state index contributed by atoms with van der Waals surface area (Å²) >= 11 is 0. The van der Waals surface area contributed by atoms with Crippen LogP contribution in [0.2, 0.25) is 0 Å². The first-order chi connectivity index (χ1) is 6.15. The van der Waals surface area contributed by atoms with E-state index in [1.165, 1.54) is 0 Å². The molecule has 0 aromatic rings. The Morgan fingerprint density at radius 2 is 2.15 bits per heavy atom. The minimum atomic E-state index is -1.44. The molecule has 5 nitrogen and oxygen atoms in total. The van der Waals surface area contributed by atoms with E-state index >= 15 is 0 Å². The third kappa shape index (κ3) is 2.42.